The summed E-state index contributed by atoms with van der Waals surface area (Å²) in [5, 5.41) is 0. The lowest BCUT2D eigenvalue weighted by molar-refractivity contribution is -0.131. The van der Waals surface area contributed by atoms with Crippen molar-refractivity contribution >= 4 is 11.9 Å². The van der Waals surface area contributed by atoms with Gasteiger partial charge in [-0.15, -0.1) is 0 Å². The van der Waals surface area contributed by atoms with E-state index in [1.54, 1.807) is 12.4 Å². The topological polar surface area (TPSA) is 61.8 Å². The van der Waals surface area contributed by atoms with Crippen molar-refractivity contribution in [1.29, 1.82) is 0 Å². The van der Waals surface area contributed by atoms with Gasteiger partial charge < -0.3 is 19.4 Å². The van der Waals surface area contributed by atoms with E-state index in [9.17, 15) is 4.79 Å². The first-order chi connectivity index (χ1) is 13.7. The highest BCUT2D eigenvalue weighted by Gasteiger charge is 2.22. The number of carbonyl (C=O) groups excluding carboxylic acids is 1. The van der Waals surface area contributed by atoms with Gasteiger partial charge in [-0.25, -0.2) is 9.97 Å². The third-order valence-electron chi connectivity index (χ3n) is 4.86. The number of piperazine rings is 1. The fourth-order valence-corrected chi connectivity index (χ4v) is 3.30. The van der Waals surface area contributed by atoms with E-state index in [-0.39, 0.29) is 5.91 Å². The molecule has 7 nitrogen and oxygen atoms in total. The second-order valence-electron chi connectivity index (χ2n) is 6.98. The van der Waals surface area contributed by atoms with Crippen LogP contribution in [-0.2, 0) is 11.3 Å². The van der Waals surface area contributed by atoms with Crippen LogP contribution in [0.15, 0.2) is 42.7 Å². The lowest BCUT2D eigenvalue weighted by atomic mass is 10.2. The minimum Gasteiger partial charge on any atom is -0.494 e. The molecule has 0 saturated carbocycles. The molecule has 28 heavy (non-hydrogen) atoms. The highest BCUT2D eigenvalue weighted by Crippen LogP contribution is 2.14. The Morgan fingerprint density at radius 3 is 2.43 bits per heavy atom. The minimum absolute atomic E-state index is 0.215. The van der Waals surface area contributed by atoms with E-state index < -0.39 is 0 Å². The summed E-state index contributed by atoms with van der Waals surface area (Å²) in [5.74, 6) is 1.85. The second-order valence-corrected chi connectivity index (χ2v) is 6.98. The van der Waals surface area contributed by atoms with Crippen molar-refractivity contribution in [2.45, 2.75) is 19.9 Å². The Labute approximate surface area is 166 Å². The molecule has 1 aromatic carbocycles. The third-order valence-corrected chi connectivity index (χ3v) is 4.86. The number of amides is 1. The van der Waals surface area contributed by atoms with Crippen LogP contribution >= 0.6 is 0 Å². The maximum absolute atomic E-state index is 12.5. The van der Waals surface area contributed by atoms with Crippen LogP contribution in [0.4, 0.5) is 5.95 Å². The largest absolute Gasteiger partial charge is 0.494 e. The first-order valence-electron chi connectivity index (χ1n) is 9.85. The average Bonchev–Trinajstić information content (AvgIpc) is 2.74. The van der Waals surface area contributed by atoms with Crippen molar-refractivity contribution in [3.8, 4) is 5.75 Å². The molecular weight excluding hydrogens is 354 g/mol. The molecule has 2 aromatic rings. The van der Waals surface area contributed by atoms with Crippen molar-refractivity contribution in [3.63, 3.8) is 0 Å². The van der Waals surface area contributed by atoms with Gasteiger partial charge in [-0.2, -0.15) is 0 Å². The third kappa shape index (κ3) is 5.66. The van der Waals surface area contributed by atoms with Gasteiger partial charge >= 0.3 is 0 Å². The van der Waals surface area contributed by atoms with Crippen LogP contribution in [0.3, 0.4) is 0 Å². The predicted molar refractivity (Wildman–Crippen MR) is 109 cm³/mol. The van der Waals surface area contributed by atoms with E-state index in [1.807, 2.05) is 30.0 Å². The Balaban J connectivity index is 1.39. The van der Waals surface area contributed by atoms with E-state index >= 15 is 0 Å². The number of nitrogens with zero attached hydrogens (tertiary/aromatic N) is 5. The lowest BCUT2D eigenvalue weighted by Gasteiger charge is -2.35. The average molecular weight is 383 g/mol. The van der Waals surface area contributed by atoms with Crippen LogP contribution in [0.1, 0.15) is 18.9 Å². The molecule has 1 amide bonds. The van der Waals surface area contributed by atoms with Crippen LogP contribution < -0.4 is 9.64 Å². The van der Waals surface area contributed by atoms with Gasteiger partial charge in [0.1, 0.15) is 5.75 Å². The number of anilines is 1. The lowest BCUT2D eigenvalue weighted by Crippen LogP contribution is -2.49. The van der Waals surface area contributed by atoms with Gasteiger partial charge in [0.15, 0.2) is 0 Å². The van der Waals surface area contributed by atoms with E-state index in [0.29, 0.717) is 13.0 Å². The smallest absolute Gasteiger partial charge is 0.225 e. The number of ether oxygens (including phenoxy) is 1. The van der Waals surface area contributed by atoms with Gasteiger partial charge in [0.05, 0.1) is 6.61 Å². The van der Waals surface area contributed by atoms with Gasteiger partial charge in [-0.05, 0) is 37.7 Å². The molecule has 0 aliphatic carbocycles. The first-order valence-corrected chi connectivity index (χ1v) is 9.85. The molecule has 1 aliphatic rings. The van der Waals surface area contributed by atoms with E-state index in [1.165, 1.54) is 5.56 Å². The van der Waals surface area contributed by atoms with Crippen LogP contribution in [0.25, 0.3) is 0 Å². The molecule has 0 N–H and O–H groups in total. The Hall–Kier alpha value is -2.67. The summed E-state index contributed by atoms with van der Waals surface area (Å²) < 4.78 is 5.47. The summed E-state index contributed by atoms with van der Waals surface area (Å²) in [6.07, 6.45) is 4.04. The molecule has 1 saturated heterocycles. The molecule has 0 unspecified atom stereocenters. The van der Waals surface area contributed by atoms with E-state index in [0.717, 1.165) is 51.0 Å². The molecule has 7 heteroatoms. The van der Waals surface area contributed by atoms with Crippen molar-refractivity contribution in [1.82, 2.24) is 19.8 Å². The number of benzene rings is 1. The summed E-state index contributed by atoms with van der Waals surface area (Å²) in [7, 11) is 2.05. The van der Waals surface area contributed by atoms with Gasteiger partial charge in [0.2, 0.25) is 11.9 Å². The Bertz CT molecular complexity index is 730. The number of aromatic nitrogens is 2. The summed E-state index contributed by atoms with van der Waals surface area (Å²) in [6.45, 7) is 7.21. The monoisotopic (exact) mass is 383 g/mol. The molecular formula is C21H29N5O2. The molecule has 2 heterocycles. The van der Waals surface area contributed by atoms with Crippen LogP contribution in [0, 0.1) is 0 Å². The van der Waals surface area contributed by atoms with E-state index in [4.69, 9.17) is 4.74 Å². The molecule has 0 spiro atoms. The summed E-state index contributed by atoms with van der Waals surface area (Å²) in [5.41, 5.74) is 1.22. The molecule has 1 fully saturated rings. The summed E-state index contributed by atoms with van der Waals surface area (Å²) >= 11 is 0. The van der Waals surface area contributed by atoms with Crippen molar-refractivity contribution < 1.29 is 9.53 Å². The fourth-order valence-electron chi connectivity index (χ4n) is 3.30. The SMILES string of the molecule is CCOc1ccc(CN(C)CCC(=O)N2CCN(c3ncccn3)CC2)cc1. The predicted octanol–water partition coefficient (Wildman–Crippen LogP) is 2.05. The second kappa shape index (κ2) is 10.0. The number of carbonyl (C=O) groups is 1. The highest BCUT2D eigenvalue weighted by atomic mass is 16.5. The van der Waals surface area contributed by atoms with Crippen molar-refractivity contribution in [3.05, 3.63) is 48.3 Å². The Kier molecular flexibility index (Phi) is 7.19. The Morgan fingerprint density at radius 1 is 1.11 bits per heavy atom. The highest BCUT2D eigenvalue weighted by molar-refractivity contribution is 5.76. The van der Waals surface area contributed by atoms with Gasteiger partial charge in [-0.3, -0.25) is 4.79 Å². The zero-order valence-corrected chi connectivity index (χ0v) is 16.8. The molecule has 0 radical (unpaired) electrons. The van der Waals surface area contributed by atoms with E-state index in [2.05, 4.69) is 38.9 Å². The number of hydrogen-bond acceptors (Lipinski definition) is 6. The number of rotatable bonds is 8. The molecule has 3 rings (SSSR count). The summed E-state index contributed by atoms with van der Waals surface area (Å²) in [4.78, 5) is 27.4. The molecule has 150 valence electrons. The van der Waals surface area contributed by atoms with Crippen LogP contribution in [-0.4, -0.2) is 72.1 Å². The minimum atomic E-state index is 0.215. The van der Waals surface area contributed by atoms with Crippen LogP contribution in [0.5, 0.6) is 5.75 Å². The maximum atomic E-state index is 12.5. The van der Waals surface area contributed by atoms with Gasteiger partial charge in [0, 0.05) is 58.1 Å². The molecule has 0 atom stereocenters. The zero-order valence-electron chi connectivity index (χ0n) is 16.8. The van der Waals surface area contributed by atoms with Crippen molar-refractivity contribution in [2.24, 2.45) is 0 Å². The van der Waals surface area contributed by atoms with Gasteiger partial charge in [0.25, 0.3) is 0 Å². The number of hydrogen-bond donors (Lipinski definition) is 0. The van der Waals surface area contributed by atoms with Crippen LogP contribution in [0.2, 0.25) is 0 Å². The maximum Gasteiger partial charge on any atom is 0.225 e. The molecule has 1 aliphatic heterocycles. The zero-order chi connectivity index (χ0) is 19.8. The Morgan fingerprint density at radius 2 is 1.79 bits per heavy atom. The normalized spacial score (nSPS) is 14.4. The van der Waals surface area contributed by atoms with Crippen molar-refractivity contribution in [2.75, 3.05) is 51.3 Å². The molecule has 1 aromatic heterocycles. The standard InChI is InChI=1S/C21H29N5O2/c1-3-28-19-7-5-18(6-8-19)17-24(2)12-9-20(27)25-13-15-26(16-14-25)21-22-10-4-11-23-21/h4-8,10-11H,3,9,12-17H2,1-2H3. The van der Waals surface area contributed by atoms with Gasteiger partial charge in [-0.1, -0.05) is 12.1 Å². The fraction of sp³-hybridized carbons (Fsp3) is 0.476. The molecule has 0 bridgehead atoms. The quantitative estimate of drug-likeness (QED) is 0.695. The first kappa shape index (κ1) is 20.1. The summed E-state index contributed by atoms with van der Waals surface area (Å²) in [6, 6.07) is 9.96.